The Balaban J connectivity index is 0.00000800. The van der Waals surface area contributed by atoms with Crippen LogP contribution in [-0.2, 0) is 31.9 Å². The van der Waals surface area contributed by atoms with E-state index in [-0.39, 0.29) is 49.6 Å². The quantitative estimate of drug-likeness (QED) is 0.147. The van der Waals surface area contributed by atoms with E-state index in [0.29, 0.717) is 39.3 Å². The number of para-hydroxylation sites is 1. The molecule has 2 aromatic heterocycles. The number of pyridine rings is 1. The van der Waals surface area contributed by atoms with Crippen LogP contribution in [0.5, 0.6) is 5.75 Å². The van der Waals surface area contributed by atoms with Crippen LogP contribution < -0.4 is 0 Å². The minimum absolute atomic E-state index is 0. The van der Waals surface area contributed by atoms with E-state index in [4.69, 9.17) is 23.7 Å². The van der Waals surface area contributed by atoms with Crippen LogP contribution in [0, 0.1) is 6.07 Å². The van der Waals surface area contributed by atoms with Crippen LogP contribution in [0.1, 0.15) is 142 Å². The summed E-state index contributed by atoms with van der Waals surface area (Å²) in [6.07, 6.45) is 1.66. The van der Waals surface area contributed by atoms with Crippen LogP contribution >= 0.6 is 0 Å². The Hall–Kier alpha value is -5.57. The number of aromatic nitrogens is 3. The fourth-order valence-corrected chi connectivity index (χ4v) is 8.21. The summed E-state index contributed by atoms with van der Waals surface area (Å²) in [6.45, 7) is 8.48. The fourth-order valence-electron chi connectivity index (χ4n) is 8.21. The summed E-state index contributed by atoms with van der Waals surface area (Å²) in [5, 5.41) is 12.3. The van der Waals surface area contributed by atoms with Gasteiger partial charge in [-0.2, -0.15) is 0 Å². The zero-order valence-corrected chi connectivity index (χ0v) is 40.2. The molecule has 0 aliphatic carbocycles. The van der Waals surface area contributed by atoms with Gasteiger partial charge in [0.2, 0.25) is 0 Å². The van der Waals surface area contributed by atoms with E-state index < -0.39 is 31.9 Å². The Labute approximate surface area is 410 Å². The zero-order valence-electron chi connectivity index (χ0n) is 48.0. The van der Waals surface area contributed by atoms with E-state index in [2.05, 4.69) is 102 Å². The number of hydrogen-bond donors (Lipinski definition) is 1. The van der Waals surface area contributed by atoms with Gasteiger partial charge in [-0.25, -0.2) is 4.98 Å². The maximum atomic E-state index is 12.3. The van der Waals surface area contributed by atoms with Crippen LogP contribution in [0.25, 0.3) is 72.7 Å². The van der Waals surface area contributed by atoms with Crippen molar-refractivity contribution in [2.75, 3.05) is 0 Å². The van der Waals surface area contributed by atoms with Crippen molar-refractivity contribution in [3.8, 4) is 67.5 Å². The molecule has 0 amide bonds. The Morgan fingerprint density at radius 3 is 1.98 bits per heavy atom. The number of rotatable bonds is 9. The van der Waals surface area contributed by atoms with Crippen LogP contribution in [0.2, 0.25) is 0 Å². The second-order valence-corrected chi connectivity index (χ2v) is 18.6. The standard InChI is InChI=1S/C59H62N3O.Pt/c1-36(2)41-23-26-53(50(32-41)40-17-14-13-15-18-40)62-54-20-16-19-48(55(54)61-57(62)51-34-43(37(3)4)33-49(38(5)6)56(51)63)44-29-45(31-47(30-44)59(10,11)12)52-35-42(27-28-60-52)39-21-24-46(25-22-39)58(7,8)9;/h13-28,30-38,63H,1-12H3;/q-1;/i7D3,8D3,9D3,36D;. The summed E-state index contributed by atoms with van der Waals surface area (Å²) in [4.78, 5) is 10.4. The van der Waals surface area contributed by atoms with Crippen molar-refractivity contribution in [3.63, 3.8) is 0 Å². The molecule has 0 aliphatic heterocycles. The van der Waals surface area contributed by atoms with Crippen LogP contribution in [0.4, 0.5) is 0 Å². The summed E-state index contributed by atoms with van der Waals surface area (Å²) in [6, 6.07) is 43.7. The Morgan fingerprint density at radius 1 is 0.625 bits per heavy atom. The van der Waals surface area contributed by atoms with Crippen molar-refractivity contribution in [3.05, 3.63) is 167 Å². The first kappa shape index (κ1) is 34.8. The number of hydrogen-bond acceptors (Lipinski definition) is 3. The molecule has 6 aromatic carbocycles. The van der Waals surface area contributed by atoms with Crippen LogP contribution in [-0.4, -0.2) is 19.6 Å². The van der Waals surface area contributed by atoms with Gasteiger partial charge in [0.25, 0.3) is 0 Å². The van der Waals surface area contributed by atoms with Crippen molar-refractivity contribution in [1.82, 2.24) is 14.5 Å². The molecule has 0 spiro atoms. The monoisotopic (exact) mass is 1030 g/mol. The molecule has 0 aliphatic rings. The maximum Gasteiger partial charge on any atom is 0.148 e. The van der Waals surface area contributed by atoms with E-state index >= 15 is 0 Å². The average Bonchev–Trinajstić information content (AvgIpc) is 3.69. The number of phenolic OH excluding ortho intramolecular Hbond substituents is 1. The first-order valence-corrected chi connectivity index (χ1v) is 21.7. The van der Waals surface area contributed by atoms with E-state index in [9.17, 15) is 5.11 Å². The van der Waals surface area contributed by atoms with Gasteiger partial charge in [0, 0.05) is 52.2 Å². The summed E-state index contributed by atoms with van der Waals surface area (Å²) in [5.74, 6) is 0.0193. The molecule has 8 aromatic rings. The van der Waals surface area contributed by atoms with Gasteiger partial charge < -0.3 is 5.11 Å². The molecule has 0 fully saturated rings. The van der Waals surface area contributed by atoms with Gasteiger partial charge in [0.15, 0.2) is 0 Å². The van der Waals surface area contributed by atoms with Gasteiger partial charge in [0.05, 0.1) is 22.3 Å². The number of phenols is 1. The smallest absolute Gasteiger partial charge is 0.148 e. The summed E-state index contributed by atoms with van der Waals surface area (Å²) in [7, 11) is 0. The molecule has 5 heteroatoms. The molecule has 330 valence electrons. The molecule has 64 heavy (non-hydrogen) atoms. The fraction of sp³-hybridized carbons (Fsp3) is 0.288. The van der Waals surface area contributed by atoms with Gasteiger partial charge in [-0.3, -0.25) is 9.55 Å². The van der Waals surface area contributed by atoms with E-state index in [1.54, 1.807) is 24.4 Å². The second kappa shape index (κ2) is 18.1. The molecule has 0 atom stereocenters. The van der Waals surface area contributed by atoms with E-state index in [1.165, 1.54) is 12.1 Å². The van der Waals surface area contributed by atoms with Crippen molar-refractivity contribution >= 4 is 11.0 Å². The molecule has 0 saturated heterocycles. The van der Waals surface area contributed by atoms with Crippen LogP contribution in [0.3, 0.4) is 0 Å². The Morgan fingerprint density at radius 2 is 1.33 bits per heavy atom. The van der Waals surface area contributed by atoms with Crippen molar-refractivity contribution < 1.29 is 39.9 Å². The zero-order chi connectivity index (χ0) is 53.4. The molecule has 0 bridgehead atoms. The van der Waals surface area contributed by atoms with Gasteiger partial charge >= 0.3 is 0 Å². The van der Waals surface area contributed by atoms with Crippen LogP contribution in [0.15, 0.2) is 134 Å². The van der Waals surface area contributed by atoms with Crippen molar-refractivity contribution in [2.24, 2.45) is 0 Å². The van der Waals surface area contributed by atoms with Gasteiger partial charge in [-0.1, -0.05) is 179 Å². The third-order valence-electron chi connectivity index (χ3n) is 12.0. The molecular formula is C59H62N3OPt-. The molecular weight excluding hydrogens is 962 g/mol. The predicted octanol–water partition coefficient (Wildman–Crippen LogP) is 16.2. The van der Waals surface area contributed by atoms with Crippen molar-refractivity contribution in [1.29, 1.82) is 0 Å². The minimum Gasteiger partial charge on any atom is -0.507 e. The Kier molecular flexibility index (Phi) is 9.85. The number of fused-ring (bicyclic) bond motifs is 1. The first-order chi connectivity index (χ1) is 33.9. The third kappa shape index (κ3) is 9.18. The maximum absolute atomic E-state index is 12.3. The molecule has 0 unspecified atom stereocenters. The molecule has 8 rings (SSSR count). The molecule has 4 nitrogen and oxygen atoms in total. The molecule has 0 saturated carbocycles. The normalized spacial score (nSPS) is 15.2. The van der Waals surface area contributed by atoms with Crippen molar-refractivity contribution in [2.45, 2.75) is 111 Å². The molecule has 1 N–H and O–H groups in total. The number of benzene rings is 6. The summed E-state index contributed by atoms with van der Waals surface area (Å²) >= 11 is 0. The number of aromatic hydroxyl groups is 1. The predicted molar refractivity (Wildman–Crippen MR) is 266 cm³/mol. The second-order valence-electron chi connectivity index (χ2n) is 18.6. The Bertz CT molecular complexity index is 3310. The van der Waals surface area contributed by atoms with E-state index in [0.717, 1.165) is 55.7 Å². The van der Waals surface area contributed by atoms with Gasteiger partial charge in [-0.15, -0.1) is 29.3 Å². The molecule has 0 radical (unpaired) electrons. The summed E-state index contributed by atoms with van der Waals surface area (Å²) < 4.78 is 85.0. The average molecular weight is 1030 g/mol. The molecule has 2 heterocycles. The van der Waals surface area contributed by atoms with E-state index in [1.807, 2.05) is 68.4 Å². The topological polar surface area (TPSA) is 50.9 Å². The summed E-state index contributed by atoms with van der Waals surface area (Å²) in [5.41, 5.74) is 8.85. The number of nitrogens with zero attached hydrogens (tertiary/aromatic N) is 3. The van der Waals surface area contributed by atoms with Gasteiger partial charge in [0.1, 0.15) is 11.6 Å². The SMILES string of the molecule is [2H]C(C)(C)c1ccc(-n2c(-c3cc(C(C)C)cc(C(C)C)c3O)nc3c(-c4[c-]c(-c5cc(-c6ccc(C(C([2H])([2H])[2H])(C([2H])([2H])[2H])C([2H])([2H])[2H])cc6)ccn5)cc(C(C)(C)C)c4)cccc32)c(-c2ccccc2)c1.[Pt]. The largest absolute Gasteiger partial charge is 0.507 e. The third-order valence-corrected chi connectivity index (χ3v) is 12.0. The van der Waals surface area contributed by atoms with Gasteiger partial charge in [-0.05, 0) is 97.8 Å². The minimum atomic E-state index is -3.38. The first-order valence-electron chi connectivity index (χ1n) is 26.7. The number of imidazole rings is 1.